The highest BCUT2D eigenvalue weighted by Gasteiger charge is 2.13. The van der Waals surface area contributed by atoms with Gasteiger partial charge in [0, 0.05) is 11.6 Å². The first-order chi connectivity index (χ1) is 13.0. The molecule has 0 aliphatic heterocycles. The predicted octanol–water partition coefficient (Wildman–Crippen LogP) is 4.87. The fourth-order valence-corrected chi connectivity index (χ4v) is 4.13. The number of hydrogen-bond acceptors (Lipinski definition) is 4. The molecule has 2 aromatic heterocycles. The fourth-order valence-electron chi connectivity index (χ4n) is 3.07. The van der Waals surface area contributed by atoms with Crippen molar-refractivity contribution >= 4 is 45.3 Å². The van der Waals surface area contributed by atoms with E-state index in [4.69, 9.17) is 16.6 Å². The number of para-hydroxylation sites is 2. The van der Waals surface area contributed by atoms with E-state index >= 15 is 0 Å². The van der Waals surface area contributed by atoms with Gasteiger partial charge in [-0.25, -0.2) is 9.97 Å². The van der Waals surface area contributed by atoms with Crippen molar-refractivity contribution in [2.24, 2.45) is 5.92 Å². The minimum Gasteiger partial charge on any atom is -0.319 e. The average molecular weight is 399 g/mol. The third kappa shape index (κ3) is 3.73. The highest BCUT2D eigenvalue weighted by molar-refractivity contribution is 7.98. The molecule has 7 heteroatoms. The van der Waals surface area contributed by atoms with Gasteiger partial charge in [-0.2, -0.15) is 0 Å². The van der Waals surface area contributed by atoms with Crippen molar-refractivity contribution in [1.29, 1.82) is 0 Å². The maximum Gasteiger partial charge on any atom is 0.258 e. The SMILES string of the molecule is CC(C)Cn1c(SCc2nc3cc(Cl)ccc3c(=O)[nH]2)nc2ccccc21. The van der Waals surface area contributed by atoms with Crippen LogP contribution in [0.4, 0.5) is 0 Å². The summed E-state index contributed by atoms with van der Waals surface area (Å²) in [7, 11) is 0. The van der Waals surface area contributed by atoms with Crippen molar-refractivity contribution in [3.05, 3.63) is 63.7 Å². The summed E-state index contributed by atoms with van der Waals surface area (Å²) in [5.74, 6) is 1.64. The van der Waals surface area contributed by atoms with Crippen molar-refractivity contribution in [3.8, 4) is 0 Å². The lowest BCUT2D eigenvalue weighted by Crippen LogP contribution is -2.11. The molecule has 0 saturated carbocycles. The van der Waals surface area contributed by atoms with Gasteiger partial charge in [0.15, 0.2) is 5.16 Å². The molecule has 1 N–H and O–H groups in total. The van der Waals surface area contributed by atoms with Crippen molar-refractivity contribution < 1.29 is 0 Å². The molecule has 0 atom stereocenters. The third-order valence-corrected chi connectivity index (χ3v) is 5.45. The largest absolute Gasteiger partial charge is 0.319 e. The first-order valence-corrected chi connectivity index (χ1v) is 10.1. The molecule has 0 spiro atoms. The molecule has 4 aromatic rings. The van der Waals surface area contributed by atoms with Gasteiger partial charge >= 0.3 is 0 Å². The van der Waals surface area contributed by atoms with Crippen LogP contribution in [-0.2, 0) is 12.3 Å². The molecule has 0 amide bonds. The number of rotatable bonds is 5. The summed E-state index contributed by atoms with van der Waals surface area (Å²) in [5.41, 5.74) is 2.56. The number of H-pyrrole nitrogens is 1. The molecule has 4 rings (SSSR count). The Labute approximate surface area is 165 Å². The lowest BCUT2D eigenvalue weighted by molar-refractivity contribution is 0.505. The first kappa shape index (κ1) is 18.1. The van der Waals surface area contributed by atoms with Gasteiger partial charge in [0.05, 0.1) is 27.7 Å². The molecule has 138 valence electrons. The van der Waals surface area contributed by atoms with Gasteiger partial charge in [-0.15, -0.1) is 0 Å². The summed E-state index contributed by atoms with van der Waals surface area (Å²) in [5, 5.41) is 2.04. The zero-order valence-corrected chi connectivity index (χ0v) is 16.6. The normalized spacial score (nSPS) is 11.7. The number of nitrogens with one attached hydrogen (secondary N) is 1. The Bertz CT molecular complexity index is 1180. The number of halogens is 1. The smallest absolute Gasteiger partial charge is 0.258 e. The summed E-state index contributed by atoms with van der Waals surface area (Å²) < 4.78 is 2.24. The maximum absolute atomic E-state index is 12.3. The van der Waals surface area contributed by atoms with Crippen LogP contribution in [0.5, 0.6) is 0 Å². The minimum atomic E-state index is -0.150. The quantitative estimate of drug-likeness (QED) is 0.487. The second kappa shape index (κ2) is 7.37. The Morgan fingerprint density at radius 3 is 2.78 bits per heavy atom. The van der Waals surface area contributed by atoms with Gasteiger partial charge in [-0.3, -0.25) is 4.79 Å². The summed E-state index contributed by atoms with van der Waals surface area (Å²) in [4.78, 5) is 24.5. The number of hydrogen-bond donors (Lipinski definition) is 1. The number of thioether (sulfide) groups is 1. The van der Waals surface area contributed by atoms with Crippen LogP contribution in [0.15, 0.2) is 52.4 Å². The Morgan fingerprint density at radius 1 is 1.15 bits per heavy atom. The van der Waals surface area contributed by atoms with Gasteiger partial charge in [0.2, 0.25) is 0 Å². The minimum absolute atomic E-state index is 0.150. The van der Waals surface area contributed by atoms with Crippen molar-refractivity contribution in [2.45, 2.75) is 31.3 Å². The van der Waals surface area contributed by atoms with Crippen LogP contribution < -0.4 is 5.56 Å². The van der Waals surface area contributed by atoms with Gasteiger partial charge in [0.1, 0.15) is 5.82 Å². The van der Waals surface area contributed by atoms with Crippen molar-refractivity contribution in [2.75, 3.05) is 0 Å². The Hall–Kier alpha value is -2.31. The number of fused-ring (bicyclic) bond motifs is 2. The molecule has 2 heterocycles. The van der Waals surface area contributed by atoms with Crippen LogP contribution in [0.1, 0.15) is 19.7 Å². The van der Waals surface area contributed by atoms with E-state index in [-0.39, 0.29) is 5.56 Å². The molecule has 0 aliphatic carbocycles. The number of imidazole rings is 1. The van der Waals surface area contributed by atoms with E-state index in [2.05, 4.69) is 34.4 Å². The van der Waals surface area contributed by atoms with E-state index < -0.39 is 0 Å². The molecule has 0 radical (unpaired) electrons. The van der Waals surface area contributed by atoms with Gasteiger partial charge in [-0.1, -0.05) is 49.3 Å². The maximum atomic E-state index is 12.3. The van der Waals surface area contributed by atoms with Crippen LogP contribution in [0, 0.1) is 5.92 Å². The average Bonchev–Trinajstić information content (AvgIpc) is 2.97. The Kier molecular flexibility index (Phi) is 4.93. The highest BCUT2D eigenvalue weighted by atomic mass is 35.5. The standard InChI is InChI=1S/C20H19ClN4OS/c1-12(2)10-25-17-6-4-3-5-15(17)23-20(25)27-11-18-22-16-9-13(21)7-8-14(16)19(26)24-18/h3-9,12H,10-11H2,1-2H3,(H,22,24,26). The number of aromatic amines is 1. The van der Waals surface area contributed by atoms with E-state index in [9.17, 15) is 4.79 Å². The second-order valence-corrected chi connectivity index (χ2v) is 8.23. The van der Waals surface area contributed by atoms with E-state index in [0.29, 0.717) is 33.4 Å². The third-order valence-electron chi connectivity index (χ3n) is 4.22. The zero-order chi connectivity index (χ0) is 19.0. The molecule has 0 unspecified atom stereocenters. The highest BCUT2D eigenvalue weighted by Crippen LogP contribution is 2.27. The van der Waals surface area contributed by atoms with E-state index in [1.54, 1.807) is 30.0 Å². The molecule has 27 heavy (non-hydrogen) atoms. The topological polar surface area (TPSA) is 63.6 Å². The number of nitrogens with zero attached hydrogens (tertiary/aromatic N) is 3. The molecule has 0 fully saturated rings. The summed E-state index contributed by atoms with van der Waals surface area (Å²) in [6, 6.07) is 13.2. The molecule has 0 saturated heterocycles. The number of benzene rings is 2. The lowest BCUT2D eigenvalue weighted by Gasteiger charge is -2.11. The lowest BCUT2D eigenvalue weighted by atomic mass is 10.2. The number of aromatic nitrogens is 4. The first-order valence-electron chi connectivity index (χ1n) is 8.78. The van der Waals surface area contributed by atoms with Crippen molar-refractivity contribution in [3.63, 3.8) is 0 Å². The van der Waals surface area contributed by atoms with E-state index in [1.807, 2.05) is 18.2 Å². The summed E-state index contributed by atoms with van der Waals surface area (Å²) in [6.45, 7) is 5.27. The van der Waals surface area contributed by atoms with Crippen LogP contribution in [-0.4, -0.2) is 19.5 Å². The molecule has 0 bridgehead atoms. The van der Waals surface area contributed by atoms with Crippen LogP contribution in [0.25, 0.3) is 21.9 Å². The molecular weight excluding hydrogens is 380 g/mol. The zero-order valence-electron chi connectivity index (χ0n) is 15.1. The van der Waals surface area contributed by atoms with E-state index in [1.165, 1.54) is 0 Å². The summed E-state index contributed by atoms with van der Waals surface area (Å²) in [6.07, 6.45) is 0. The monoisotopic (exact) mass is 398 g/mol. The Morgan fingerprint density at radius 2 is 1.96 bits per heavy atom. The van der Waals surface area contributed by atoms with Gasteiger partial charge < -0.3 is 9.55 Å². The van der Waals surface area contributed by atoms with Crippen LogP contribution >= 0.6 is 23.4 Å². The van der Waals surface area contributed by atoms with E-state index in [0.717, 1.165) is 22.7 Å². The van der Waals surface area contributed by atoms with Crippen LogP contribution in [0.2, 0.25) is 5.02 Å². The van der Waals surface area contributed by atoms with Gasteiger partial charge in [-0.05, 0) is 36.2 Å². The molecule has 5 nitrogen and oxygen atoms in total. The predicted molar refractivity (Wildman–Crippen MR) is 112 cm³/mol. The molecule has 0 aliphatic rings. The fraction of sp³-hybridized carbons (Fsp3) is 0.250. The molecule has 2 aromatic carbocycles. The molecular formula is C20H19ClN4OS. The Balaban J connectivity index is 1.67. The van der Waals surface area contributed by atoms with Crippen LogP contribution in [0.3, 0.4) is 0 Å². The van der Waals surface area contributed by atoms with Gasteiger partial charge in [0.25, 0.3) is 5.56 Å². The second-order valence-electron chi connectivity index (χ2n) is 6.85. The van der Waals surface area contributed by atoms with Crippen molar-refractivity contribution in [1.82, 2.24) is 19.5 Å². The summed E-state index contributed by atoms with van der Waals surface area (Å²) >= 11 is 7.62.